The van der Waals surface area contributed by atoms with Gasteiger partial charge in [-0.15, -0.1) is 0 Å². The second-order valence-corrected chi connectivity index (χ2v) is 10.0. The Balaban J connectivity index is 1.47. The number of hydrogen-bond acceptors (Lipinski definition) is 5. The molecule has 3 amide bonds. The Morgan fingerprint density at radius 1 is 1.05 bits per heavy atom. The van der Waals surface area contributed by atoms with Gasteiger partial charge in [-0.05, 0) is 42.7 Å². The molecule has 10 nitrogen and oxygen atoms in total. The maximum atomic E-state index is 13.9. The van der Waals surface area contributed by atoms with Crippen molar-refractivity contribution in [2.45, 2.75) is 39.3 Å². The van der Waals surface area contributed by atoms with Gasteiger partial charge < -0.3 is 9.88 Å². The van der Waals surface area contributed by atoms with Gasteiger partial charge in [0.25, 0.3) is 23.4 Å². The lowest BCUT2D eigenvalue weighted by Gasteiger charge is -2.36. The fraction of sp³-hybridized carbons (Fsp3) is 0.233. The summed E-state index contributed by atoms with van der Waals surface area (Å²) in [6.07, 6.45) is 2.48. The van der Waals surface area contributed by atoms with Gasteiger partial charge in [0.05, 0.1) is 11.0 Å². The molecule has 0 saturated heterocycles. The first kappa shape index (κ1) is 26.6. The van der Waals surface area contributed by atoms with Crippen molar-refractivity contribution in [2.75, 3.05) is 0 Å². The molecular weight excluding hydrogens is 510 g/mol. The summed E-state index contributed by atoms with van der Waals surface area (Å²) in [4.78, 5) is 55.9. The second-order valence-electron chi connectivity index (χ2n) is 10.0. The smallest absolute Gasteiger partial charge is 0.272 e. The van der Waals surface area contributed by atoms with E-state index in [1.165, 1.54) is 25.1 Å². The van der Waals surface area contributed by atoms with E-state index in [9.17, 15) is 24.5 Å². The molecule has 1 aromatic heterocycles. The van der Waals surface area contributed by atoms with Crippen LogP contribution in [0, 0.1) is 23.0 Å². The highest BCUT2D eigenvalue weighted by molar-refractivity contribution is 6.04. The van der Waals surface area contributed by atoms with E-state index in [1.807, 2.05) is 56.4 Å². The molecule has 0 radical (unpaired) electrons. The number of nitro benzene ring substituents is 1. The van der Waals surface area contributed by atoms with Gasteiger partial charge in [0, 0.05) is 45.4 Å². The van der Waals surface area contributed by atoms with Crippen LogP contribution in [0.5, 0.6) is 0 Å². The predicted octanol–water partition coefficient (Wildman–Crippen LogP) is 4.81. The number of amides is 3. The molecule has 3 atom stereocenters. The molecule has 5 rings (SSSR count). The standard InChI is InChI=1S/C30H29N5O5/c1-4-17(2)26(29(37)33-32-28(36)19-13-14-25(35(39)40)18(3)15-19)34-27(21-10-5-6-11-22(21)30(34)38)23-16-31-24-12-8-7-9-20(23)24/h5-17,26-27,31H,4H2,1-3H3,(H,32,36)(H,33,37). The van der Waals surface area contributed by atoms with E-state index in [-0.39, 0.29) is 23.1 Å². The fourth-order valence-corrected chi connectivity index (χ4v) is 5.41. The van der Waals surface area contributed by atoms with Crippen molar-refractivity contribution in [3.8, 4) is 0 Å². The molecule has 0 saturated carbocycles. The number of carbonyl (C=O) groups excluding carboxylic acids is 3. The molecule has 0 fully saturated rings. The Labute approximate surface area is 230 Å². The zero-order chi connectivity index (χ0) is 28.6. The molecule has 1 aliphatic rings. The fourth-order valence-electron chi connectivity index (χ4n) is 5.41. The zero-order valence-electron chi connectivity index (χ0n) is 22.3. The maximum Gasteiger partial charge on any atom is 0.272 e. The first-order valence-corrected chi connectivity index (χ1v) is 13.1. The topological polar surface area (TPSA) is 137 Å². The Bertz CT molecular complexity index is 1640. The number of rotatable bonds is 7. The summed E-state index contributed by atoms with van der Waals surface area (Å²) in [5.41, 5.74) is 8.44. The summed E-state index contributed by atoms with van der Waals surface area (Å²) in [5, 5.41) is 12.1. The summed E-state index contributed by atoms with van der Waals surface area (Å²) >= 11 is 0. The minimum Gasteiger partial charge on any atom is -0.361 e. The van der Waals surface area contributed by atoms with Crippen LogP contribution in [-0.4, -0.2) is 38.6 Å². The van der Waals surface area contributed by atoms with Crippen LogP contribution in [0.3, 0.4) is 0 Å². The average molecular weight is 540 g/mol. The van der Waals surface area contributed by atoms with E-state index in [0.29, 0.717) is 17.5 Å². The van der Waals surface area contributed by atoms with Gasteiger partial charge in [0.15, 0.2) is 0 Å². The van der Waals surface area contributed by atoms with Gasteiger partial charge in [-0.2, -0.15) is 0 Å². The van der Waals surface area contributed by atoms with Crippen LogP contribution in [0.25, 0.3) is 10.9 Å². The van der Waals surface area contributed by atoms with Gasteiger partial charge >= 0.3 is 0 Å². The number of hydrogen-bond donors (Lipinski definition) is 3. The van der Waals surface area contributed by atoms with Gasteiger partial charge in [-0.3, -0.25) is 35.3 Å². The quantitative estimate of drug-likeness (QED) is 0.229. The van der Waals surface area contributed by atoms with Crippen molar-refractivity contribution in [2.24, 2.45) is 5.92 Å². The normalized spacial score (nSPS) is 15.9. The van der Waals surface area contributed by atoms with Gasteiger partial charge in [0.1, 0.15) is 6.04 Å². The van der Waals surface area contributed by atoms with E-state index in [0.717, 1.165) is 22.0 Å². The van der Waals surface area contributed by atoms with E-state index < -0.39 is 28.8 Å². The average Bonchev–Trinajstić information content (AvgIpc) is 3.50. The summed E-state index contributed by atoms with van der Waals surface area (Å²) in [6.45, 7) is 5.37. The Morgan fingerprint density at radius 3 is 2.50 bits per heavy atom. The maximum absolute atomic E-state index is 13.9. The van der Waals surface area contributed by atoms with Crippen molar-refractivity contribution >= 4 is 34.3 Å². The molecule has 0 aliphatic carbocycles. The number of aromatic nitrogens is 1. The number of aromatic amines is 1. The SMILES string of the molecule is CCC(C)C(C(=O)NNC(=O)c1ccc([N+](=O)[O-])c(C)c1)N1C(=O)c2ccccc2C1c1c[nH]c2ccccc12. The third kappa shape index (κ3) is 4.57. The molecule has 0 bridgehead atoms. The number of hydrazine groups is 1. The lowest BCUT2D eigenvalue weighted by Crippen LogP contribution is -2.55. The third-order valence-corrected chi connectivity index (χ3v) is 7.62. The second kappa shape index (κ2) is 10.6. The van der Waals surface area contributed by atoms with Gasteiger partial charge in [-0.25, -0.2) is 0 Å². The molecule has 204 valence electrons. The van der Waals surface area contributed by atoms with Crippen LogP contribution in [0.2, 0.25) is 0 Å². The van der Waals surface area contributed by atoms with E-state index >= 15 is 0 Å². The van der Waals surface area contributed by atoms with Gasteiger partial charge in [0.2, 0.25) is 0 Å². The number of nitrogens with zero attached hydrogens (tertiary/aromatic N) is 2. The number of aryl methyl sites for hydroxylation is 1. The first-order valence-electron chi connectivity index (χ1n) is 13.1. The van der Waals surface area contributed by atoms with Crippen LogP contribution >= 0.6 is 0 Å². The number of fused-ring (bicyclic) bond motifs is 2. The van der Waals surface area contributed by atoms with E-state index in [2.05, 4.69) is 15.8 Å². The highest BCUT2D eigenvalue weighted by atomic mass is 16.6. The lowest BCUT2D eigenvalue weighted by molar-refractivity contribution is -0.385. The summed E-state index contributed by atoms with van der Waals surface area (Å²) in [5.74, 6) is -1.67. The monoisotopic (exact) mass is 539 g/mol. The molecule has 0 spiro atoms. The molecule has 4 aromatic rings. The van der Waals surface area contributed by atoms with E-state index in [1.54, 1.807) is 17.0 Å². The summed E-state index contributed by atoms with van der Waals surface area (Å²) < 4.78 is 0. The molecule has 3 N–H and O–H groups in total. The highest BCUT2D eigenvalue weighted by Gasteiger charge is 2.46. The van der Waals surface area contributed by atoms with Crippen molar-refractivity contribution in [1.29, 1.82) is 0 Å². The van der Waals surface area contributed by atoms with Crippen LogP contribution in [0.4, 0.5) is 5.69 Å². The Morgan fingerprint density at radius 2 is 1.77 bits per heavy atom. The summed E-state index contributed by atoms with van der Waals surface area (Å²) in [7, 11) is 0. The Kier molecular flexibility index (Phi) is 7.08. The molecule has 40 heavy (non-hydrogen) atoms. The van der Waals surface area contributed by atoms with Crippen LogP contribution in [0.1, 0.15) is 63.7 Å². The van der Waals surface area contributed by atoms with Crippen LogP contribution in [-0.2, 0) is 4.79 Å². The van der Waals surface area contributed by atoms with Crippen molar-refractivity contribution < 1.29 is 19.3 Å². The van der Waals surface area contributed by atoms with Gasteiger partial charge in [-0.1, -0.05) is 56.7 Å². The number of para-hydroxylation sites is 1. The first-order chi connectivity index (χ1) is 19.2. The van der Waals surface area contributed by atoms with Crippen molar-refractivity contribution in [3.63, 3.8) is 0 Å². The predicted molar refractivity (Wildman–Crippen MR) is 149 cm³/mol. The van der Waals surface area contributed by atoms with Crippen LogP contribution in [0.15, 0.2) is 72.9 Å². The number of benzene rings is 3. The molecule has 3 unspecified atom stereocenters. The number of carbonyl (C=O) groups is 3. The molecule has 2 heterocycles. The zero-order valence-corrected chi connectivity index (χ0v) is 22.3. The van der Waals surface area contributed by atoms with Crippen molar-refractivity contribution in [1.82, 2.24) is 20.7 Å². The lowest BCUT2D eigenvalue weighted by atomic mass is 9.93. The van der Waals surface area contributed by atoms with Crippen molar-refractivity contribution in [3.05, 3.63) is 111 Å². The minimum atomic E-state index is -0.901. The van der Waals surface area contributed by atoms with E-state index in [4.69, 9.17) is 0 Å². The third-order valence-electron chi connectivity index (χ3n) is 7.62. The van der Waals surface area contributed by atoms with Crippen LogP contribution < -0.4 is 10.9 Å². The Hall–Kier alpha value is -4.99. The number of nitrogens with one attached hydrogen (secondary N) is 3. The number of nitro groups is 1. The minimum absolute atomic E-state index is 0.104. The molecule has 3 aromatic carbocycles. The molecule has 1 aliphatic heterocycles. The molecular formula is C30H29N5O5. The largest absolute Gasteiger partial charge is 0.361 e. The summed E-state index contributed by atoms with van der Waals surface area (Å²) in [6, 6.07) is 17.7. The number of H-pyrrole nitrogens is 1. The highest BCUT2D eigenvalue weighted by Crippen LogP contribution is 2.43. The molecule has 10 heteroatoms.